The molecule has 0 fully saturated rings. The Morgan fingerprint density at radius 2 is 1.55 bits per heavy atom. The van der Waals surface area contributed by atoms with Crippen LogP contribution in [0.1, 0.15) is 20.7 Å². The van der Waals surface area contributed by atoms with Gasteiger partial charge < -0.3 is 4.74 Å². The maximum Gasteiger partial charge on any atom is 0.339 e. The third-order valence-corrected chi connectivity index (χ3v) is 5.96. The van der Waals surface area contributed by atoms with E-state index in [1.165, 1.54) is 0 Å². The van der Waals surface area contributed by atoms with Gasteiger partial charge >= 0.3 is 5.97 Å². The number of ketones is 1. The summed E-state index contributed by atoms with van der Waals surface area (Å²) in [7, 11) is 0. The van der Waals surface area contributed by atoms with Crippen molar-refractivity contribution in [1.82, 2.24) is 4.98 Å². The fraction of sp³-hybridized carbons (Fsp3) is 0.0357. The van der Waals surface area contributed by atoms with Gasteiger partial charge in [0.05, 0.1) is 16.8 Å². The summed E-state index contributed by atoms with van der Waals surface area (Å²) in [6.07, 6.45) is 0. The molecule has 0 bridgehead atoms. The fourth-order valence-corrected chi connectivity index (χ4v) is 4.14. The molecule has 160 valence electrons. The number of esters is 1. The Morgan fingerprint density at radius 3 is 2.36 bits per heavy atom. The molecule has 0 unspecified atom stereocenters. The molecule has 5 aromatic rings. The molecule has 0 aliphatic heterocycles. The van der Waals surface area contributed by atoms with E-state index in [1.807, 2.05) is 84.9 Å². The molecule has 1 aromatic heterocycles. The minimum absolute atomic E-state index is 0.253. The van der Waals surface area contributed by atoms with Gasteiger partial charge in [0.15, 0.2) is 12.4 Å². The number of pyridine rings is 1. The minimum Gasteiger partial charge on any atom is -0.454 e. The van der Waals surface area contributed by atoms with Gasteiger partial charge in [-0.15, -0.1) is 0 Å². The van der Waals surface area contributed by atoms with Crippen molar-refractivity contribution < 1.29 is 14.3 Å². The molecule has 5 heteroatoms. The third-order valence-electron chi connectivity index (χ3n) is 5.47. The van der Waals surface area contributed by atoms with Gasteiger partial charge in [0.1, 0.15) is 0 Å². The van der Waals surface area contributed by atoms with Gasteiger partial charge in [0.25, 0.3) is 0 Å². The number of aromatic nitrogens is 1. The summed E-state index contributed by atoms with van der Waals surface area (Å²) in [5.41, 5.74) is 3.11. The van der Waals surface area contributed by atoms with Crippen LogP contribution in [-0.2, 0) is 4.74 Å². The van der Waals surface area contributed by atoms with Crippen molar-refractivity contribution in [3.8, 4) is 11.3 Å². The molecule has 0 atom stereocenters. The first-order chi connectivity index (χ1) is 16.1. The summed E-state index contributed by atoms with van der Waals surface area (Å²) in [5.74, 6) is -0.816. The van der Waals surface area contributed by atoms with Gasteiger partial charge in [-0.3, -0.25) is 4.79 Å². The zero-order valence-electron chi connectivity index (χ0n) is 17.5. The van der Waals surface area contributed by atoms with Crippen LogP contribution in [-0.4, -0.2) is 23.3 Å². The van der Waals surface area contributed by atoms with Crippen LogP contribution in [0.5, 0.6) is 0 Å². The number of hydrogen-bond donors (Lipinski definition) is 0. The first-order valence-corrected chi connectivity index (χ1v) is 11.2. The van der Waals surface area contributed by atoms with E-state index in [-0.39, 0.29) is 12.4 Å². The zero-order chi connectivity index (χ0) is 22.8. The van der Waals surface area contributed by atoms with Crippen LogP contribution in [0.25, 0.3) is 32.9 Å². The highest BCUT2D eigenvalue weighted by Crippen LogP contribution is 2.28. The van der Waals surface area contributed by atoms with E-state index in [9.17, 15) is 9.59 Å². The Bertz CT molecular complexity index is 1510. The normalized spacial score (nSPS) is 10.9. The maximum absolute atomic E-state index is 13.1. The average molecular weight is 496 g/mol. The second-order valence-electron chi connectivity index (χ2n) is 7.64. The number of rotatable bonds is 5. The highest BCUT2D eigenvalue weighted by Gasteiger charge is 2.18. The molecule has 4 aromatic carbocycles. The van der Waals surface area contributed by atoms with Crippen molar-refractivity contribution in [2.24, 2.45) is 0 Å². The number of benzene rings is 4. The quantitative estimate of drug-likeness (QED) is 0.197. The molecule has 0 saturated heterocycles. The van der Waals surface area contributed by atoms with Crippen molar-refractivity contribution in [2.75, 3.05) is 6.61 Å². The lowest BCUT2D eigenvalue weighted by atomic mass is 10.0. The first kappa shape index (κ1) is 21.0. The van der Waals surface area contributed by atoms with E-state index < -0.39 is 5.97 Å². The van der Waals surface area contributed by atoms with Crippen molar-refractivity contribution in [2.45, 2.75) is 0 Å². The lowest BCUT2D eigenvalue weighted by Gasteiger charge is -2.11. The van der Waals surface area contributed by atoms with E-state index in [0.29, 0.717) is 27.7 Å². The number of fused-ring (bicyclic) bond motifs is 2. The van der Waals surface area contributed by atoms with Crippen LogP contribution in [0.15, 0.2) is 102 Å². The van der Waals surface area contributed by atoms with Gasteiger partial charge in [-0.1, -0.05) is 82.7 Å². The van der Waals surface area contributed by atoms with Crippen LogP contribution < -0.4 is 0 Å². The van der Waals surface area contributed by atoms with Crippen molar-refractivity contribution in [3.05, 3.63) is 113 Å². The molecule has 0 aliphatic rings. The molecule has 1 heterocycles. The minimum atomic E-state index is -0.563. The summed E-state index contributed by atoms with van der Waals surface area (Å²) in [4.78, 5) is 30.5. The Labute approximate surface area is 199 Å². The zero-order valence-corrected chi connectivity index (χ0v) is 19.1. The van der Waals surface area contributed by atoms with E-state index in [1.54, 1.807) is 12.1 Å². The smallest absolute Gasteiger partial charge is 0.339 e. The monoisotopic (exact) mass is 495 g/mol. The average Bonchev–Trinajstić information content (AvgIpc) is 2.86. The van der Waals surface area contributed by atoms with Crippen molar-refractivity contribution in [1.29, 1.82) is 0 Å². The topological polar surface area (TPSA) is 56.3 Å². The number of hydrogen-bond acceptors (Lipinski definition) is 4. The molecule has 0 radical (unpaired) electrons. The largest absolute Gasteiger partial charge is 0.454 e. The molecule has 0 N–H and O–H groups in total. The number of ether oxygens (including phenoxy) is 1. The molecular weight excluding hydrogens is 478 g/mol. The van der Waals surface area contributed by atoms with Crippen LogP contribution in [0.3, 0.4) is 0 Å². The van der Waals surface area contributed by atoms with Gasteiger partial charge in [-0.2, -0.15) is 0 Å². The molecule has 0 spiro atoms. The lowest BCUT2D eigenvalue weighted by Crippen LogP contribution is -2.15. The molecular formula is C28H18BrNO3. The summed E-state index contributed by atoms with van der Waals surface area (Å²) < 4.78 is 6.29. The second kappa shape index (κ2) is 8.96. The highest BCUT2D eigenvalue weighted by molar-refractivity contribution is 9.10. The predicted molar refractivity (Wildman–Crippen MR) is 133 cm³/mol. The van der Waals surface area contributed by atoms with Gasteiger partial charge in [0, 0.05) is 21.0 Å². The van der Waals surface area contributed by atoms with Gasteiger partial charge in [-0.25, -0.2) is 9.78 Å². The SMILES string of the molecule is O=C(COC(=O)c1cc(-c2ccccc2)nc2ccc(Br)cc12)c1ccc2ccccc2c1. The number of nitrogens with zero attached hydrogens (tertiary/aromatic N) is 1. The molecule has 4 nitrogen and oxygen atoms in total. The van der Waals surface area contributed by atoms with E-state index in [0.717, 1.165) is 20.8 Å². The standard InChI is InChI=1S/C28H18BrNO3/c29-22-12-13-25-23(15-22)24(16-26(30-25)19-7-2-1-3-8-19)28(32)33-17-27(31)21-11-10-18-6-4-5-9-20(18)14-21/h1-16H,17H2. The van der Waals surface area contributed by atoms with E-state index in [2.05, 4.69) is 15.9 Å². The number of carbonyl (C=O) groups excluding carboxylic acids is 2. The first-order valence-electron chi connectivity index (χ1n) is 10.4. The molecule has 0 aliphatic carbocycles. The predicted octanol–water partition coefficient (Wildman–Crippen LogP) is 6.86. The summed E-state index contributed by atoms with van der Waals surface area (Å²) in [6.45, 7) is -0.338. The van der Waals surface area contributed by atoms with E-state index in [4.69, 9.17) is 9.72 Å². The fourth-order valence-electron chi connectivity index (χ4n) is 3.78. The maximum atomic E-state index is 13.1. The van der Waals surface area contributed by atoms with Crippen molar-refractivity contribution in [3.63, 3.8) is 0 Å². The van der Waals surface area contributed by atoms with Crippen LogP contribution in [0, 0.1) is 0 Å². The van der Waals surface area contributed by atoms with Crippen LogP contribution >= 0.6 is 15.9 Å². The summed E-state index contributed by atoms with van der Waals surface area (Å²) in [6, 6.07) is 30.2. The Hall–Kier alpha value is -3.83. The Kier molecular flexibility index (Phi) is 5.71. The second-order valence-corrected chi connectivity index (χ2v) is 8.56. The Morgan fingerprint density at radius 1 is 0.788 bits per heavy atom. The van der Waals surface area contributed by atoms with Crippen molar-refractivity contribution >= 4 is 49.4 Å². The number of Topliss-reactive ketones (excluding diaryl/α,β-unsaturated/α-hetero) is 1. The number of carbonyl (C=O) groups is 2. The lowest BCUT2D eigenvalue weighted by molar-refractivity contribution is 0.0477. The summed E-state index contributed by atoms with van der Waals surface area (Å²) in [5, 5.41) is 2.67. The van der Waals surface area contributed by atoms with Gasteiger partial charge in [0.2, 0.25) is 0 Å². The molecule has 0 amide bonds. The van der Waals surface area contributed by atoms with Gasteiger partial charge in [-0.05, 0) is 41.1 Å². The van der Waals surface area contributed by atoms with Crippen LogP contribution in [0.2, 0.25) is 0 Å². The number of halogens is 1. The Balaban J connectivity index is 1.44. The van der Waals surface area contributed by atoms with E-state index >= 15 is 0 Å². The molecule has 33 heavy (non-hydrogen) atoms. The molecule has 0 saturated carbocycles. The van der Waals surface area contributed by atoms with Crippen LogP contribution in [0.4, 0.5) is 0 Å². The summed E-state index contributed by atoms with van der Waals surface area (Å²) >= 11 is 3.46. The third kappa shape index (κ3) is 4.41. The molecule has 5 rings (SSSR count). The highest BCUT2D eigenvalue weighted by atomic mass is 79.9.